The monoisotopic (exact) mass is 865 g/mol. The standard InChI is InChI=1S/C41H60FN5O12S/c1-27-35(60-26-44-27)29-7-5-28(6-8-29)31(24-33(49)43-12-14-56-16-18-58-20-22-59-21-19-57-17-15-55-13-9-34(50)51)45-37(52)32-23-30(48)25-47(32)38(53)36(40(2,3)4)46-39(54)41(42)10-11-41/h5-8,26,30-32,36,48H,9-25H2,1-4H3,(H,43,49)(H,45,52)(H,46,54)(H,50,51)/t30-,31+,32+,36-/m1/s1. The van der Waals surface area contributed by atoms with E-state index in [2.05, 4.69) is 20.9 Å². The fourth-order valence-electron chi connectivity index (χ4n) is 6.34. The van der Waals surface area contributed by atoms with Crippen LogP contribution in [-0.4, -0.2) is 153 Å². The smallest absolute Gasteiger partial charge is 0.305 e. The molecule has 1 saturated heterocycles. The number of nitrogens with zero attached hydrogens (tertiary/aromatic N) is 2. The van der Waals surface area contributed by atoms with Gasteiger partial charge in [0.1, 0.15) is 12.1 Å². The van der Waals surface area contributed by atoms with E-state index >= 15 is 0 Å². The number of hydrogen-bond donors (Lipinski definition) is 5. The van der Waals surface area contributed by atoms with Gasteiger partial charge in [0, 0.05) is 19.5 Å². The van der Waals surface area contributed by atoms with Gasteiger partial charge in [-0.3, -0.25) is 24.0 Å². The second kappa shape index (κ2) is 23.8. The highest BCUT2D eigenvalue weighted by atomic mass is 32.1. The fraction of sp³-hybridized carbons (Fsp3) is 0.659. The minimum Gasteiger partial charge on any atom is -0.481 e. The minimum atomic E-state index is -2.01. The van der Waals surface area contributed by atoms with Crippen molar-refractivity contribution in [3.63, 3.8) is 0 Å². The van der Waals surface area contributed by atoms with Gasteiger partial charge in [-0.15, -0.1) is 11.3 Å². The molecule has 4 amide bonds. The Morgan fingerprint density at radius 2 is 1.47 bits per heavy atom. The summed E-state index contributed by atoms with van der Waals surface area (Å²) in [5.74, 6) is -3.32. The SMILES string of the molecule is Cc1ncsc1-c1ccc([C@H](CC(=O)NCCOCCOCCOCCOCCOCCC(=O)O)NC(=O)[C@@H]2C[C@@H](O)CN2C(=O)[C@@H](NC(=O)C2(F)CC2)C(C)(C)C)cc1. The molecule has 2 aliphatic rings. The number of β-amino-alcohol motifs (C(OH)–C–C–N with tert-alkyl or cyclic N) is 1. The van der Waals surface area contributed by atoms with Gasteiger partial charge in [0.05, 0.1) is 107 Å². The van der Waals surface area contributed by atoms with E-state index in [9.17, 15) is 33.5 Å². The van der Waals surface area contributed by atoms with Crippen LogP contribution in [0.4, 0.5) is 4.39 Å². The number of aromatic nitrogens is 1. The maximum absolute atomic E-state index is 14.6. The summed E-state index contributed by atoms with van der Waals surface area (Å²) in [7, 11) is 0. The lowest BCUT2D eigenvalue weighted by molar-refractivity contribution is -0.145. The van der Waals surface area contributed by atoms with E-state index in [-0.39, 0.29) is 64.3 Å². The summed E-state index contributed by atoms with van der Waals surface area (Å²) in [6.07, 6.45) is -1.10. The highest BCUT2D eigenvalue weighted by Gasteiger charge is 2.53. The van der Waals surface area contributed by atoms with E-state index in [1.807, 2.05) is 31.2 Å². The quantitative estimate of drug-likeness (QED) is 0.0815. The maximum Gasteiger partial charge on any atom is 0.305 e. The molecule has 1 saturated carbocycles. The number of likely N-dealkylation sites (tertiary alicyclic amines) is 1. The van der Waals surface area contributed by atoms with Crippen LogP contribution in [0.2, 0.25) is 0 Å². The molecule has 1 aliphatic heterocycles. The number of hydrogen-bond acceptors (Lipinski definition) is 13. The number of amides is 4. The van der Waals surface area contributed by atoms with Crippen molar-refractivity contribution in [1.82, 2.24) is 25.8 Å². The number of nitrogens with one attached hydrogen (secondary N) is 3. The van der Waals surface area contributed by atoms with Crippen LogP contribution < -0.4 is 16.0 Å². The molecule has 4 rings (SSSR count). The molecule has 1 aromatic heterocycles. The van der Waals surface area contributed by atoms with Gasteiger partial charge in [0.25, 0.3) is 5.91 Å². The number of aliphatic hydroxyl groups excluding tert-OH is 1. The fourth-order valence-corrected chi connectivity index (χ4v) is 7.16. The molecule has 5 N–H and O–H groups in total. The topological polar surface area (TPSA) is 224 Å². The Hall–Kier alpha value is -4.11. The number of aliphatic hydroxyl groups is 1. The second-order valence-corrected chi connectivity index (χ2v) is 16.7. The summed E-state index contributed by atoms with van der Waals surface area (Å²) in [6.45, 7) is 10.3. The zero-order chi connectivity index (χ0) is 43.7. The third-order valence-electron chi connectivity index (χ3n) is 9.89. The van der Waals surface area contributed by atoms with E-state index in [1.165, 1.54) is 16.2 Å². The number of carboxylic acid groups (broad SMARTS) is 1. The Bertz CT molecular complexity index is 1700. The lowest BCUT2D eigenvalue weighted by atomic mass is 9.85. The molecule has 4 atom stereocenters. The number of thiazole rings is 1. The van der Waals surface area contributed by atoms with E-state index in [1.54, 1.807) is 26.3 Å². The van der Waals surface area contributed by atoms with Gasteiger partial charge >= 0.3 is 5.97 Å². The van der Waals surface area contributed by atoms with Gasteiger partial charge in [0.2, 0.25) is 17.7 Å². The van der Waals surface area contributed by atoms with Gasteiger partial charge in [-0.2, -0.15) is 0 Å². The molecule has 0 spiro atoms. The molecule has 1 aromatic carbocycles. The summed E-state index contributed by atoms with van der Waals surface area (Å²) < 4.78 is 41.6. The average molecular weight is 866 g/mol. The Morgan fingerprint density at radius 1 is 0.900 bits per heavy atom. The molecule has 2 fully saturated rings. The summed E-state index contributed by atoms with van der Waals surface area (Å²) in [4.78, 5) is 70.9. The molecule has 19 heteroatoms. The molecule has 334 valence electrons. The summed E-state index contributed by atoms with van der Waals surface area (Å²) in [5.41, 5.74) is 1.36. The number of aliphatic carboxylic acids is 1. The maximum atomic E-state index is 14.6. The summed E-state index contributed by atoms with van der Waals surface area (Å²) in [5, 5.41) is 27.6. The number of aryl methyl sites for hydroxylation is 1. The van der Waals surface area contributed by atoms with Crippen LogP contribution in [-0.2, 0) is 47.7 Å². The summed E-state index contributed by atoms with van der Waals surface area (Å²) >= 11 is 1.50. The van der Waals surface area contributed by atoms with Crippen molar-refractivity contribution >= 4 is 40.9 Å². The van der Waals surface area contributed by atoms with Crippen LogP contribution in [0.5, 0.6) is 0 Å². The molecule has 60 heavy (non-hydrogen) atoms. The molecule has 0 bridgehead atoms. The predicted octanol–water partition coefficient (Wildman–Crippen LogP) is 2.33. The largest absolute Gasteiger partial charge is 0.481 e. The van der Waals surface area contributed by atoms with Crippen molar-refractivity contribution in [2.24, 2.45) is 5.41 Å². The van der Waals surface area contributed by atoms with Gasteiger partial charge in [-0.25, -0.2) is 9.37 Å². The number of carbonyl (C=O) groups excluding carboxylic acids is 4. The second-order valence-electron chi connectivity index (χ2n) is 15.8. The Balaban J connectivity index is 1.25. The number of carbonyl (C=O) groups is 5. The highest BCUT2D eigenvalue weighted by molar-refractivity contribution is 7.13. The van der Waals surface area contributed by atoms with E-state index in [0.29, 0.717) is 58.4 Å². The zero-order valence-electron chi connectivity index (χ0n) is 34.9. The predicted molar refractivity (Wildman–Crippen MR) is 218 cm³/mol. The van der Waals surface area contributed by atoms with Crippen molar-refractivity contribution in [3.8, 4) is 10.4 Å². The van der Waals surface area contributed by atoms with Crippen LogP contribution in [0.3, 0.4) is 0 Å². The van der Waals surface area contributed by atoms with Crippen molar-refractivity contribution in [2.75, 3.05) is 79.2 Å². The first-order valence-corrected chi connectivity index (χ1v) is 21.1. The van der Waals surface area contributed by atoms with Crippen molar-refractivity contribution in [3.05, 3.63) is 41.0 Å². The number of ether oxygens (including phenoxy) is 5. The van der Waals surface area contributed by atoms with Crippen LogP contribution in [0.1, 0.15) is 70.2 Å². The van der Waals surface area contributed by atoms with Crippen molar-refractivity contribution < 1.29 is 62.3 Å². The Morgan fingerprint density at radius 3 is 1.98 bits per heavy atom. The van der Waals surface area contributed by atoms with E-state index < -0.39 is 59.0 Å². The molecular weight excluding hydrogens is 806 g/mol. The van der Waals surface area contributed by atoms with Crippen molar-refractivity contribution in [2.45, 2.75) is 89.7 Å². The van der Waals surface area contributed by atoms with Gasteiger partial charge in [0.15, 0.2) is 5.67 Å². The van der Waals surface area contributed by atoms with Crippen LogP contribution >= 0.6 is 11.3 Å². The first kappa shape index (κ1) is 48.6. The number of halogens is 1. The minimum absolute atomic E-state index is 0.0448. The average Bonchev–Trinajstić information content (AvgIpc) is 3.60. The van der Waals surface area contributed by atoms with E-state index in [0.717, 1.165) is 16.1 Å². The van der Waals surface area contributed by atoms with Gasteiger partial charge < -0.3 is 54.7 Å². The molecule has 0 unspecified atom stereocenters. The number of alkyl halides is 1. The van der Waals surface area contributed by atoms with Crippen LogP contribution in [0, 0.1) is 12.3 Å². The van der Waals surface area contributed by atoms with Gasteiger partial charge in [-0.05, 0) is 36.3 Å². The third kappa shape index (κ3) is 15.7. The molecule has 1 aliphatic carbocycles. The van der Waals surface area contributed by atoms with E-state index in [4.69, 9.17) is 28.8 Å². The molecule has 2 aromatic rings. The molecular formula is C41H60FN5O12S. The van der Waals surface area contributed by atoms with Crippen molar-refractivity contribution in [1.29, 1.82) is 0 Å². The molecule has 17 nitrogen and oxygen atoms in total. The number of benzene rings is 1. The highest BCUT2D eigenvalue weighted by Crippen LogP contribution is 2.40. The normalized spacial score (nSPS) is 18.1. The molecule has 0 radical (unpaired) electrons. The first-order chi connectivity index (χ1) is 28.6. The number of carboxylic acids is 1. The Kier molecular flexibility index (Phi) is 19.2. The lowest BCUT2D eigenvalue weighted by Crippen LogP contribution is -2.59. The Labute approximate surface area is 354 Å². The first-order valence-electron chi connectivity index (χ1n) is 20.3. The number of rotatable bonds is 27. The summed E-state index contributed by atoms with van der Waals surface area (Å²) in [6, 6.07) is 4.35. The van der Waals surface area contributed by atoms with Crippen LogP contribution in [0.15, 0.2) is 29.8 Å². The third-order valence-corrected chi connectivity index (χ3v) is 10.9. The zero-order valence-corrected chi connectivity index (χ0v) is 35.7. The van der Waals surface area contributed by atoms with Crippen LogP contribution in [0.25, 0.3) is 10.4 Å². The molecule has 2 heterocycles. The lowest BCUT2D eigenvalue weighted by Gasteiger charge is -2.36. The van der Waals surface area contributed by atoms with Gasteiger partial charge in [-0.1, -0.05) is 45.0 Å².